The second kappa shape index (κ2) is 8.81. The van der Waals surface area contributed by atoms with Gasteiger partial charge in [0, 0.05) is 29.8 Å². The van der Waals surface area contributed by atoms with Crippen molar-refractivity contribution in [3.05, 3.63) is 69.0 Å². The molecule has 0 atom stereocenters. The van der Waals surface area contributed by atoms with Crippen molar-refractivity contribution >= 4 is 23.2 Å². The third-order valence-electron chi connectivity index (χ3n) is 5.15. The number of carbonyl (C=O) groups excluding carboxylic acids is 2. The normalized spacial score (nSPS) is 13.9. The zero-order valence-corrected chi connectivity index (χ0v) is 16.0. The molecule has 0 radical (unpaired) electrons. The number of carbonyl (C=O) groups is 2. The van der Waals surface area contributed by atoms with Gasteiger partial charge in [-0.1, -0.05) is 25.0 Å². The van der Waals surface area contributed by atoms with Gasteiger partial charge < -0.3 is 10.6 Å². The molecular weight excluding hydrogens is 377 g/mol. The lowest BCUT2D eigenvalue weighted by Gasteiger charge is -2.12. The van der Waals surface area contributed by atoms with E-state index in [1.165, 1.54) is 6.92 Å². The Bertz CT molecular complexity index is 955. The summed E-state index contributed by atoms with van der Waals surface area (Å²) < 4.78 is 13.9. The van der Waals surface area contributed by atoms with Gasteiger partial charge in [-0.15, -0.1) is 0 Å². The van der Waals surface area contributed by atoms with Crippen LogP contribution in [0, 0.1) is 28.8 Å². The van der Waals surface area contributed by atoms with Gasteiger partial charge in [0.1, 0.15) is 5.82 Å². The third-order valence-corrected chi connectivity index (χ3v) is 5.15. The summed E-state index contributed by atoms with van der Waals surface area (Å²) >= 11 is 0. The number of rotatable bonds is 6. The Morgan fingerprint density at radius 1 is 1.21 bits per heavy atom. The van der Waals surface area contributed by atoms with Crippen LogP contribution in [-0.4, -0.2) is 16.7 Å². The Labute approximate surface area is 167 Å². The molecule has 8 heteroatoms. The van der Waals surface area contributed by atoms with E-state index in [-0.39, 0.29) is 29.5 Å². The van der Waals surface area contributed by atoms with Crippen LogP contribution in [0.15, 0.2) is 36.4 Å². The predicted octanol–water partition coefficient (Wildman–Crippen LogP) is 4.10. The lowest BCUT2D eigenvalue weighted by Crippen LogP contribution is -2.23. The van der Waals surface area contributed by atoms with Gasteiger partial charge in [0.15, 0.2) is 0 Å². The minimum Gasteiger partial charge on any atom is -0.348 e. The van der Waals surface area contributed by atoms with Gasteiger partial charge in [-0.2, -0.15) is 0 Å². The van der Waals surface area contributed by atoms with Crippen LogP contribution in [0.3, 0.4) is 0 Å². The van der Waals surface area contributed by atoms with Gasteiger partial charge in [0.25, 0.3) is 11.6 Å². The van der Waals surface area contributed by atoms with Crippen LogP contribution in [0.2, 0.25) is 0 Å². The smallest absolute Gasteiger partial charge is 0.276 e. The molecule has 0 spiro atoms. The number of amides is 2. The van der Waals surface area contributed by atoms with Crippen LogP contribution in [0.25, 0.3) is 0 Å². The van der Waals surface area contributed by atoms with Crippen molar-refractivity contribution in [2.24, 2.45) is 5.92 Å². The lowest BCUT2D eigenvalue weighted by molar-refractivity contribution is -0.385. The van der Waals surface area contributed by atoms with E-state index in [0.29, 0.717) is 5.69 Å². The molecule has 0 saturated heterocycles. The molecule has 2 aromatic carbocycles. The van der Waals surface area contributed by atoms with Crippen LogP contribution in [0.1, 0.15) is 47.2 Å². The predicted molar refractivity (Wildman–Crippen MR) is 106 cm³/mol. The average molecular weight is 399 g/mol. The Morgan fingerprint density at radius 2 is 1.93 bits per heavy atom. The fourth-order valence-corrected chi connectivity index (χ4v) is 3.46. The first-order chi connectivity index (χ1) is 13.8. The maximum absolute atomic E-state index is 13.9. The van der Waals surface area contributed by atoms with E-state index in [2.05, 4.69) is 10.6 Å². The van der Waals surface area contributed by atoms with E-state index in [9.17, 15) is 24.1 Å². The van der Waals surface area contributed by atoms with E-state index < -0.39 is 22.3 Å². The number of nitrogens with one attached hydrogen (secondary N) is 2. The molecule has 2 aromatic rings. The molecule has 2 amide bonds. The largest absolute Gasteiger partial charge is 0.348 e. The highest BCUT2D eigenvalue weighted by Crippen LogP contribution is 2.26. The quantitative estimate of drug-likeness (QED) is 0.564. The van der Waals surface area contributed by atoms with Crippen molar-refractivity contribution in [3.8, 4) is 0 Å². The maximum atomic E-state index is 13.9. The maximum Gasteiger partial charge on any atom is 0.276 e. The number of nitro groups is 1. The van der Waals surface area contributed by atoms with Crippen LogP contribution in [0.4, 0.5) is 15.8 Å². The molecule has 3 rings (SSSR count). The summed E-state index contributed by atoms with van der Waals surface area (Å²) in [5, 5.41) is 16.5. The van der Waals surface area contributed by atoms with Crippen molar-refractivity contribution in [1.82, 2.24) is 5.32 Å². The number of nitrogens with zero attached hydrogens (tertiary/aromatic N) is 1. The van der Waals surface area contributed by atoms with Crippen LogP contribution >= 0.6 is 0 Å². The Kier molecular flexibility index (Phi) is 6.21. The van der Waals surface area contributed by atoms with Gasteiger partial charge in [-0.3, -0.25) is 19.7 Å². The fraction of sp³-hybridized carbons (Fsp3) is 0.333. The molecular formula is C21H22FN3O4. The molecule has 1 aliphatic rings. The highest BCUT2D eigenvalue weighted by molar-refractivity contribution is 5.95. The molecule has 2 N–H and O–H groups in total. The van der Waals surface area contributed by atoms with E-state index in [1.54, 1.807) is 24.3 Å². The topological polar surface area (TPSA) is 101 Å². The zero-order valence-electron chi connectivity index (χ0n) is 16.0. The second-order valence-electron chi connectivity index (χ2n) is 7.21. The summed E-state index contributed by atoms with van der Waals surface area (Å²) in [4.78, 5) is 34.9. The molecule has 0 bridgehead atoms. The van der Waals surface area contributed by atoms with Crippen molar-refractivity contribution in [3.63, 3.8) is 0 Å². The molecule has 0 unspecified atom stereocenters. The number of halogens is 1. The molecule has 1 aliphatic carbocycles. The van der Waals surface area contributed by atoms with Gasteiger partial charge in [0.2, 0.25) is 5.91 Å². The van der Waals surface area contributed by atoms with E-state index >= 15 is 0 Å². The highest BCUT2D eigenvalue weighted by Gasteiger charge is 2.23. The van der Waals surface area contributed by atoms with Crippen LogP contribution < -0.4 is 10.6 Å². The monoisotopic (exact) mass is 399 g/mol. The molecule has 152 valence electrons. The summed E-state index contributed by atoms with van der Waals surface area (Å²) in [5.41, 5.74) is 0.713. The summed E-state index contributed by atoms with van der Waals surface area (Å²) in [5.74, 6) is -1.37. The standard InChI is InChI=1S/C21H22FN3O4/c1-13-18(22)10-16(11-19(13)25(28)29)20(26)23-12-14-5-4-8-17(9-14)24-21(27)15-6-2-3-7-15/h4-5,8-11,15H,2-3,6-7,12H2,1H3,(H,23,26)(H,24,27). The molecule has 0 heterocycles. The third kappa shape index (κ3) is 4.96. The first-order valence-corrected chi connectivity index (χ1v) is 9.47. The summed E-state index contributed by atoms with van der Waals surface area (Å²) in [6.45, 7) is 1.43. The molecule has 0 aliphatic heterocycles. The van der Waals surface area contributed by atoms with Gasteiger partial charge in [0.05, 0.1) is 10.5 Å². The van der Waals surface area contributed by atoms with E-state index in [4.69, 9.17) is 0 Å². The Morgan fingerprint density at radius 3 is 2.62 bits per heavy atom. The van der Waals surface area contributed by atoms with Crippen molar-refractivity contribution < 1.29 is 18.9 Å². The molecule has 1 fully saturated rings. The summed E-state index contributed by atoms with van der Waals surface area (Å²) in [6.07, 6.45) is 3.95. The van der Waals surface area contributed by atoms with Crippen molar-refractivity contribution in [2.75, 3.05) is 5.32 Å². The number of hydrogen-bond acceptors (Lipinski definition) is 4. The first kappa shape index (κ1) is 20.4. The molecule has 1 saturated carbocycles. The average Bonchev–Trinajstić information content (AvgIpc) is 3.23. The zero-order chi connectivity index (χ0) is 21.0. The van der Waals surface area contributed by atoms with Gasteiger partial charge in [-0.25, -0.2) is 4.39 Å². The van der Waals surface area contributed by atoms with Crippen LogP contribution in [0.5, 0.6) is 0 Å². The summed E-state index contributed by atoms with van der Waals surface area (Å²) in [7, 11) is 0. The minimum atomic E-state index is -0.805. The van der Waals surface area contributed by atoms with E-state index in [1.807, 2.05) is 0 Å². The number of nitro benzene ring substituents is 1. The van der Waals surface area contributed by atoms with Crippen LogP contribution in [-0.2, 0) is 11.3 Å². The molecule has 7 nitrogen and oxygen atoms in total. The first-order valence-electron chi connectivity index (χ1n) is 9.47. The number of benzene rings is 2. The minimum absolute atomic E-state index is 0.00567. The van der Waals surface area contributed by atoms with Crippen molar-refractivity contribution in [2.45, 2.75) is 39.2 Å². The van der Waals surface area contributed by atoms with E-state index in [0.717, 1.165) is 43.4 Å². The Hall–Kier alpha value is -3.29. The fourth-order valence-electron chi connectivity index (χ4n) is 3.46. The highest BCUT2D eigenvalue weighted by atomic mass is 19.1. The number of anilines is 1. The summed E-state index contributed by atoms with van der Waals surface area (Å²) in [6, 6.07) is 9.12. The van der Waals surface area contributed by atoms with Crippen molar-refractivity contribution in [1.29, 1.82) is 0 Å². The SMILES string of the molecule is Cc1c(F)cc(C(=O)NCc2cccc(NC(=O)C3CCCC3)c2)cc1[N+](=O)[O-]. The van der Waals surface area contributed by atoms with Gasteiger partial charge >= 0.3 is 0 Å². The van der Waals surface area contributed by atoms with Gasteiger partial charge in [-0.05, 0) is 43.5 Å². The Balaban J connectivity index is 1.65. The lowest BCUT2D eigenvalue weighted by atomic mass is 10.1. The molecule has 0 aromatic heterocycles. The number of hydrogen-bond donors (Lipinski definition) is 2. The second-order valence-corrected chi connectivity index (χ2v) is 7.21. The molecule has 29 heavy (non-hydrogen) atoms.